The molecule has 0 saturated heterocycles. The second-order valence-electron chi connectivity index (χ2n) is 5.68. The summed E-state index contributed by atoms with van der Waals surface area (Å²) in [5.41, 5.74) is 1.75. The highest BCUT2D eigenvalue weighted by molar-refractivity contribution is 6.22. The summed E-state index contributed by atoms with van der Waals surface area (Å²) in [6.07, 6.45) is 1.46. The van der Waals surface area contributed by atoms with E-state index >= 15 is 0 Å². The van der Waals surface area contributed by atoms with Crippen LogP contribution in [0.15, 0.2) is 49.1 Å². The quantitative estimate of drug-likeness (QED) is 0.688. The number of aryl methyl sites for hydroxylation is 1. The Kier molecular flexibility index (Phi) is 4.19. The molecule has 126 valence electrons. The molecule has 1 aliphatic heterocycles. The highest BCUT2D eigenvalue weighted by Gasteiger charge is 2.35. The van der Waals surface area contributed by atoms with Gasteiger partial charge in [-0.25, -0.2) is 4.39 Å². The van der Waals surface area contributed by atoms with Crippen molar-refractivity contribution in [2.45, 2.75) is 6.92 Å². The lowest BCUT2D eigenvalue weighted by molar-refractivity contribution is 0.0672. The SMILES string of the molecule is C=CCN1C(=O)c2ccc(C(=O)Nc3ccc(F)cc3C)cc2C1=O. The predicted molar refractivity (Wildman–Crippen MR) is 91.1 cm³/mol. The van der Waals surface area contributed by atoms with Gasteiger partial charge in [0.25, 0.3) is 17.7 Å². The Bertz CT molecular complexity index is 921. The lowest BCUT2D eigenvalue weighted by Gasteiger charge is -2.09. The molecular formula is C19H15FN2O3. The Morgan fingerprint density at radius 1 is 1.16 bits per heavy atom. The molecular weight excluding hydrogens is 323 g/mol. The van der Waals surface area contributed by atoms with E-state index in [0.717, 1.165) is 4.90 Å². The molecule has 3 rings (SSSR count). The summed E-state index contributed by atoms with van der Waals surface area (Å²) in [5, 5.41) is 2.68. The van der Waals surface area contributed by atoms with Gasteiger partial charge in [-0.3, -0.25) is 19.3 Å². The van der Waals surface area contributed by atoms with Crippen molar-refractivity contribution in [3.8, 4) is 0 Å². The van der Waals surface area contributed by atoms with Gasteiger partial charge in [-0.1, -0.05) is 6.08 Å². The van der Waals surface area contributed by atoms with Crippen molar-refractivity contribution in [3.63, 3.8) is 0 Å². The Morgan fingerprint density at radius 3 is 2.56 bits per heavy atom. The summed E-state index contributed by atoms with van der Waals surface area (Å²) in [7, 11) is 0. The fourth-order valence-electron chi connectivity index (χ4n) is 2.69. The molecule has 0 saturated carbocycles. The zero-order chi connectivity index (χ0) is 18.1. The normalized spacial score (nSPS) is 13.0. The number of hydrogen-bond acceptors (Lipinski definition) is 3. The van der Waals surface area contributed by atoms with Crippen molar-refractivity contribution >= 4 is 23.4 Å². The molecule has 0 aliphatic carbocycles. The van der Waals surface area contributed by atoms with Crippen LogP contribution in [0, 0.1) is 12.7 Å². The topological polar surface area (TPSA) is 66.5 Å². The Hall–Kier alpha value is -3.28. The first-order valence-corrected chi connectivity index (χ1v) is 7.61. The summed E-state index contributed by atoms with van der Waals surface area (Å²) in [5.74, 6) is -1.69. The van der Waals surface area contributed by atoms with Gasteiger partial charge in [-0.05, 0) is 48.9 Å². The van der Waals surface area contributed by atoms with E-state index in [1.54, 1.807) is 6.92 Å². The van der Waals surface area contributed by atoms with Crippen molar-refractivity contribution in [2.75, 3.05) is 11.9 Å². The van der Waals surface area contributed by atoms with E-state index in [1.807, 2.05) is 0 Å². The number of rotatable bonds is 4. The summed E-state index contributed by atoms with van der Waals surface area (Å²) >= 11 is 0. The number of nitrogens with one attached hydrogen (secondary N) is 1. The largest absolute Gasteiger partial charge is 0.322 e. The number of carbonyl (C=O) groups is 3. The van der Waals surface area contributed by atoms with Crippen molar-refractivity contribution in [1.29, 1.82) is 0 Å². The lowest BCUT2D eigenvalue weighted by atomic mass is 10.0. The minimum Gasteiger partial charge on any atom is -0.322 e. The third-order valence-corrected chi connectivity index (χ3v) is 3.98. The molecule has 0 bridgehead atoms. The van der Waals surface area contributed by atoms with Crippen LogP contribution in [-0.2, 0) is 0 Å². The Labute approximate surface area is 143 Å². The number of nitrogens with zero attached hydrogens (tertiary/aromatic N) is 1. The van der Waals surface area contributed by atoms with Gasteiger partial charge in [0.2, 0.25) is 0 Å². The third-order valence-electron chi connectivity index (χ3n) is 3.98. The van der Waals surface area contributed by atoms with Gasteiger partial charge >= 0.3 is 0 Å². The molecule has 25 heavy (non-hydrogen) atoms. The van der Waals surface area contributed by atoms with Gasteiger partial charge in [-0.2, -0.15) is 0 Å². The number of halogens is 1. The minimum atomic E-state index is -0.451. The van der Waals surface area contributed by atoms with Gasteiger partial charge in [0.1, 0.15) is 5.82 Å². The van der Waals surface area contributed by atoms with Crippen LogP contribution in [0.3, 0.4) is 0 Å². The zero-order valence-electron chi connectivity index (χ0n) is 13.5. The number of carbonyl (C=O) groups excluding carboxylic acids is 3. The second kappa shape index (κ2) is 6.32. The summed E-state index contributed by atoms with van der Waals surface area (Å²) in [4.78, 5) is 38.0. The van der Waals surface area contributed by atoms with Crippen LogP contribution < -0.4 is 5.32 Å². The van der Waals surface area contributed by atoms with Crippen molar-refractivity contribution in [3.05, 3.63) is 77.1 Å². The van der Waals surface area contributed by atoms with E-state index in [-0.39, 0.29) is 29.1 Å². The molecule has 5 nitrogen and oxygen atoms in total. The van der Waals surface area contributed by atoms with E-state index in [1.165, 1.54) is 42.5 Å². The van der Waals surface area contributed by atoms with Gasteiger partial charge in [0.15, 0.2) is 0 Å². The zero-order valence-corrected chi connectivity index (χ0v) is 13.5. The Morgan fingerprint density at radius 2 is 1.88 bits per heavy atom. The summed E-state index contributed by atoms with van der Waals surface area (Å²) in [6.45, 7) is 5.32. The maximum atomic E-state index is 13.1. The maximum Gasteiger partial charge on any atom is 0.261 e. The first-order valence-electron chi connectivity index (χ1n) is 7.61. The van der Waals surface area contributed by atoms with E-state index < -0.39 is 17.7 Å². The maximum absolute atomic E-state index is 13.1. The van der Waals surface area contributed by atoms with Crippen molar-refractivity contribution in [1.82, 2.24) is 4.90 Å². The van der Waals surface area contributed by atoms with Crippen LogP contribution in [0.2, 0.25) is 0 Å². The minimum absolute atomic E-state index is 0.114. The van der Waals surface area contributed by atoms with Gasteiger partial charge < -0.3 is 5.32 Å². The van der Waals surface area contributed by atoms with Crippen LogP contribution in [0.5, 0.6) is 0 Å². The molecule has 0 unspecified atom stereocenters. The van der Waals surface area contributed by atoms with E-state index in [9.17, 15) is 18.8 Å². The fraction of sp³-hybridized carbons (Fsp3) is 0.105. The molecule has 0 spiro atoms. The average Bonchev–Trinajstić information content (AvgIpc) is 2.82. The molecule has 1 heterocycles. The standard InChI is InChI=1S/C19H15FN2O3/c1-3-8-22-18(24)14-6-4-12(10-15(14)19(22)25)17(23)21-16-7-5-13(20)9-11(16)2/h3-7,9-10H,1,8H2,2H3,(H,21,23). The smallest absolute Gasteiger partial charge is 0.261 e. The lowest BCUT2D eigenvalue weighted by Crippen LogP contribution is -2.29. The van der Waals surface area contributed by atoms with Crippen LogP contribution in [0.1, 0.15) is 36.6 Å². The van der Waals surface area contributed by atoms with Crippen molar-refractivity contribution < 1.29 is 18.8 Å². The van der Waals surface area contributed by atoms with E-state index in [4.69, 9.17) is 0 Å². The highest BCUT2D eigenvalue weighted by Crippen LogP contribution is 2.25. The highest BCUT2D eigenvalue weighted by atomic mass is 19.1. The molecule has 0 atom stereocenters. The molecule has 2 aromatic carbocycles. The molecule has 2 aromatic rings. The van der Waals surface area contributed by atoms with Crippen LogP contribution in [0.4, 0.5) is 10.1 Å². The fourth-order valence-corrected chi connectivity index (χ4v) is 2.69. The van der Waals surface area contributed by atoms with Crippen LogP contribution in [0.25, 0.3) is 0 Å². The molecule has 1 aliphatic rings. The molecule has 0 radical (unpaired) electrons. The monoisotopic (exact) mass is 338 g/mol. The first kappa shape index (κ1) is 16.6. The number of hydrogen-bond donors (Lipinski definition) is 1. The van der Waals surface area contributed by atoms with Crippen molar-refractivity contribution in [2.24, 2.45) is 0 Å². The van der Waals surface area contributed by atoms with Crippen LogP contribution in [-0.4, -0.2) is 29.2 Å². The second-order valence-corrected chi connectivity index (χ2v) is 5.68. The van der Waals surface area contributed by atoms with E-state index in [0.29, 0.717) is 11.3 Å². The molecule has 0 aromatic heterocycles. The molecule has 0 fully saturated rings. The number of fused-ring (bicyclic) bond motifs is 1. The number of benzene rings is 2. The molecule has 1 N–H and O–H groups in total. The first-order chi connectivity index (χ1) is 11.9. The number of anilines is 1. The number of amides is 3. The Balaban J connectivity index is 1.88. The third kappa shape index (κ3) is 2.94. The predicted octanol–water partition coefficient (Wildman–Crippen LogP) is 3.17. The van der Waals surface area contributed by atoms with Gasteiger partial charge in [0, 0.05) is 17.8 Å². The van der Waals surface area contributed by atoms with Crippen LogP contribution >= 0.6 is 0 Å². The average molecular weight is 338 g/mol. The van der Waals surface area contributed by atoms with Gasteiger partial charge in [0.05, 0.1) is 11.1 Å². The molecule has 3 amide bonds. The summed E-state index contributed by atoms with van der Waals surface area (Å²) < 4.78 is 13.1. The molecule has 6 heteroatoms. The van der Waals surface area contributed by atoms with E-state index in [2.05, 4.69) is 11.9 Å². The summed E-state index contributed by atoms with van der Waals surface area (Å²) in [6, 6.07) is 8.37. The van der Waals surface area contributed by atoms with Gasteiger partial charge in [-0.15, -0.1) is 6.58 Å². The number of imide groups is 1.